The fourth-order valence-corrected chi connectivity index (χ4v) is 3.16. The largest absolute Gasteiger partial charge is 0.347 e. The van der Waals surface area contributed by atoms with Gasteiger partial charge in [0, 0.05) is 11.2 Å². The first-order valence-electron chi connectivity index (χ1n) is 5.33. The first kappa shape index (κ1) is 13.0. The van der Waals surface area contributed by atoms with Crippen molar-refractivity contribution in [3.05, 3.63) is 46.6 Å². The van der Waals surface area contributed by atoms with Gasteiger partial charge in [-0.1, -0.05) is 17.7 Å². The predicted molar refractivity (Wildman–Crippen MR) is 72.5 cm³/mol. The predicted octanol–water partition coefficient (Wildman–Crippen LogP) is 3.09. The maximum atomic E-state index is 12.2. The van der Waals surface area contributed by atoms with E-state index in [1.807, 2.05) is 6.92 Å². The van der Waals surface area contributed by atoms with E-state index >= 15 is 0 Å². The zero-order valence-corrected chi connectivity index (χ0v) is 11.6. The third kappa shape index (κ3) is 2.52. The molecular weight excluding hydrogens is 272 g/mol. The number of benzene rings is 1. The summed E-state index contributed by atoms with van der Waals surface area (Å²) in [7, 11) is -3.62. The lowest BCUT2D eigenvalue weighted by molar-refractivity contribution is 0.600. The standard InChI is InChI=1S/C12H13ClN2O2S/c1-8-6-12(14-7-8)15-18(16,17)11-5-3-4-10(13)9(11)2/h3-7,14-15H,1-2H3. The Labute approximate surface area is 111 Å². The van der Waals surface area contributed by atoms with Gasteiger partial charge in [0.2, 0.25) is 0 Å². The van der Waals surface area contributed by atoms with E-state index in [9.17, 15) is 8.42 Å². The van der Waals surface area contributed by atoms with Crippen molar-refractivity contribution in [1.82, 2.24) is 4.98 Å². The molecule has 0 amide bonds. The maximum Gasteiger partial charge on any atom is 0.263 e. The van der Waals surface area contributed by atoms with Crippen molar-refractivity contribution in [1.29, 1.82) is 0 Å². The topological polar surface area (TPSA) is 62.0 Å². The number of anilines is 1. The summed E-state index contributed by atoms with van der Waals surface area (Å²) in [6.07, 6.45) is 1.72. The first-order valence-corrected chi connectivity index (χ1v) is 7.19. The van der Waals surface area contributed by atoms with Gasteiger partial charge in [0.15, 0.2) is 0 Å². The summed E-state index contributed by atoms with van der Waals surface area (Å²) in [5.74, 6) is 0.437. The number of halogens is 1. The Morgan fingerprint density at radius 1 is 1.28 bits per heavy atom. The molecule has 0 saturated carbocycles. The van der Waals surface area contributed by atoms with Gasteiger partial charge in [-0.2, -0.15) is 0 Å². The summed E-state index contributed by atoms with van der Waals surface area (Å²) in [6.45, 7) is 3.55. The van der Waals surface area contributed by atoms with Gasteiger partial charge in [-0.25, -0.2) is 8.42 Å². The molecule has 2 rings (SSSR count). The quantitative estimate of drug-likeness (QED) is 0.910. The summed E-state index contributed by atoms with van der Waals surface area (Å²) in [5.41, 5.74) is 1.49. The molecule has 0 atom stereocenters. The molecule has 18 heavy (non-hydrogen) atoms. The third-order valence-electron chi connectivity index (χ3n) is 2.58. The van der Waals surface area contributed by atoms with Crippen LogP contribution < -0.4 is 4.72 Å². The van der Waals surface area contributed by atoms with Gasteiger partial charge < -0.3 is 4.98 Å². The molecule has 0 aliphatic carbocycles. The number of sulfonamides is 1. The summed E-state index contributed by atoms with van der Waals surface area (Å²) in [6, 6.07) is 6.52. The molecule has 0 aliphatic heterocycles. The number of hydrogen-bond donors (Lipinski definition) is 2. The van der Waals surface area contributed by atoms with Crippen molar-refractivity contribution in [2.24, 2.45) is 0 Å². The first-order chi connectivity index (χ1) is 8.40. The zero-order valence-electron chi connectivity index (χ0n) is 9.99. The molecule has 1 aromatic heterocycles. The van der Waals surface area contributed by atoms with Crippen LogP contribution in [-0.4, -0.2) is 13.4 Å². The van der Waals surface area contributed by atoms with Crippen molar-refractivity contribution in [2.75, 3.05) is 4.72 Å². The van der Waals surface area contributed by atoms with Crippen LogP contribution in [0.15, 0.2) is 35.4 Å². The number of hydrogen-bond acceptors (Lipinski definition) is 2. The molecule has 2 N–H and O–H groups in total. The minimum Gasteiger partial charge on any atom is -0.347 e. The summed E-state index contributed by atoms with van der Waals surface area (Å²) >= 11 is 5.93. The molecule has 0 unspecified atom stereocenters. The van der Waals surface area contributed by atoms with E-state index in [-0.39, 0.29) is 4.90 Å². The van der Waals surface area contributed by atoms with Crippen LogP contribution in [0, 0.1) is 13.8 Å². The van der Waals surface area contributed by atoms with Gasteiger partial charge in [0.05, 0.1) is 4.90 Å². The van der Waals surface area contributed by atoms with Crippen LogP contribution in [0.5, 0.6) is 0 Å². The van der Waals surface area contributed by atoms with Crippen LogP contribution in [0.25, 0.3) is 0 Å². The molecular formula is C12H13ClN2O2S. The zero-order chi connectivity index (χ0) is 13.3. The highest BCUT2D eigenvalue weighted by atomic mass is 35.5. The van der Waals surface area contributed by atoms with Gasteiger partial charge >= 0.3 is 0 Å². The Hall–Kier alpha value is -1.46. The molecule has 6 heteroatoms. The highest BCUT2D eigenvalue weighted by Crippen LogP contribution is 2.24. The lowest BCUT2D eigenvalue weighted by Gasteiger charge is -2.09. The van der Waals surface area contributed by atoms with Crippen molar-refractivity contribution in [2.45, 2.75) is 18.7 Å². The van der Waals surface area contributed by atoms with E-state index < -0.39 is 10.0 Å². The van der Waals surface area contributed by atoms with Gasteiger partial charge in [-0.3, -0.25) is 4.72 Å². The number of aromatic amines is 1. The van der Waals surface area contributed by atoms with Crippen molar-refractivity contribution < 1.29 is 8.42 Å². The van der Waals surface area contributed by atoms with Crippen LogP contribution in [0.3, 0.4) is 0 Å². The number of rotatable bonds is 3. The molecule has 2 aromatic rings. The highest BCUT2D eigenvalue weighted by molar-refractivity contribution is 7.92. The van der Waals surface area contributed by atoms with Crippen molar-refractivity contribution in [3.63, 3.8) is 0 Å². The van der Waals surface area contributed by atoms with Gasteiger partial charge in [-0.15, -0.1) is 0 Å². The Balaban J connectivity index is 2.40. The summed E-state index contributed by atoms with van der Waals surface area (Å²) in [4.78, 5) is 3.02. The number of aromatic nitrogens is 1. The second-order valence-corrected chi connectivity index (χ2v) is 6.12. The Morgan fingerprint density at radius 3 is 2.61 bits per heavy atom. The van der Waals surface area contributed by atoms with Gasteiger partial charge in [-0.05, 0) is 43.2 Å². The van der Waals surface area contributed by atoms with Crippen LogP contribution >= 0.6 is 11.6 Å². The van der Waals surface area contributed by atoms with E-state index in [1.54, 1.807) is 31.3 Å². The maximum absolute atomic E-state index is 12.2. The third-order valence-corrected chi connectivity index (χ3v) is 4.50. The Bertz CT molecular complexity index is 677. The number of aryl methyl sites for hydroxylation is 1. The molecule has 0 bridgehead atoms. The molecule has 4 nitrogen and oxygen atoms in total. The Kier molecular flexibility index (Phi) is 3.36. The van der Waals surface area contributed by atoms with Crippen molar-refractivity contribution >= 4 is 27.4 Å². The van der Waals surface area contributed by atoms with E-state index in [0.29, 0.717) is 16.4 Å². The lowest BCUT2D eigenvalue weighted by atomic mass is 10.2. The molecule has 1 aromatic carbocycles. The highest BCUT2D eigenvalue weighted by Gasteiger charge is 2.18. The average Bonchev–Trinajstić information content (AvgIpc) is 2.67. The second-order valence-electron chi connectivity index (χ2n) is 4.06. The van der Waals surface area contributed by atoms with Crippen LogP contribution in [-0.2, 0) is 10.0 Å². The summed E-state index contributed by atoms with van der Waals surface area (Å²) in [5, 5.41) is 0.431. The molecule has 0 aliphatic rings. The van der Waals surface area contributed by atoms with E-state index in [4.69, 9.17) is 11.6 Å². The van der Waals surface area contributed by atoms with E-state index in [0.717, 1.165) is 5.56 Å². The SMILES string of the molecule is Cc1c[nH]c(NS(=O)(=O)c2cccc(Cl)c2C)c1. The molecule has 0 radical (unpaired) electrons. The molecule has 96 valence electrons. The smallest absolute Gasteiger partial charge is 0.263 e. The second kappa shape index (κ2) is 4.66. The fraction of sp³-hybridized carbons (Fsp3) is 0.167. The fourth-order valence-electron chi connectivity index (χ4n) is 1.64. The molecule has 0 saturated heterocycles. The Morgan fingerprint density at radius 2 is 2.00 bits per heavy atom. The number of nitrogens with one attached hydrogen (secondary N) is 2. The normalized spacial score (nSPS) is 11.5. The average molecular weight is 285 g/mol. The van der Waals surface area contributed by atoms with Gasteiger partial charge in [0.1, 0.15) is 5.82 Å². The molecule has 1 heterocycles. The minimum absolute atomic E-state index is 0.183. The van der Waals surface area contributed by atoms with Crippen LogP contribution in [0.1, 0.15) is 11.1 Å². The van der Waals surface area contributed by atoms with Crippen molar-refractivity contribution in [3.8, 4) is 0 Å². The van der Waals surface area contributed by atoms with Gasteiger partial charge in [0.25, 0.3) is 10.0 Å². The lowest BCUT2D eigenvalue weighted by Crippen LogP contribution is -2.14. The van der Waals surface area contributed by atoms with Crippen LogP contribution in [0.4, 0.5) is 5.82 Å². The monoisotopic (exact) mass is 284 g/mol. The van der Waals surface area contributed by atoms with Crippen LogP contribution in [0.2, 0.25) is 5.02 Å². The molecule has 0 spiro atoms. The molecule has 0 fully saturated rings. The van der Waals surface area contributed by atoms with E-state index in [1.165, 1.54) is 6.07 Å². The summed E-state index contributed by atoms with van der Waals surface area (Å²) < 4.78 is 26.9. The van der Waals surface area contributed by atoms with E-state index in [2.05, 4.69) is 9.71 Å². The minimum atomic E-state index is -3.62. The number of H-pyrrole nitrogens is 1.